The zero-order chi connectivity index (χ0) is 22.2. The number of nitrogens with one attached hydrogen (secondary N) is 2. The van der Waals surface area contributed by atoms with Crippen LogP contribution in [0.25, 0.3) is 11.0 Å². The Bertz CT molecular complexity index is 1340. The highest BCUT2D eigenvalue weighted by atomic mass is 35.5. The van der Waals surface area contributed by atoms with Gasteiger partial charge in [-0.2, -0.15) is 0 Å². The van der Waals surface area contributed by atoms with E-state index in [2.05, 4.69) is 15.6 Å². The number of thiophene rings is 1. The maximum Gasteiger partial charge on any atom is 0.292 e. The Morgan fingerprint density at radius 2 is 2.09 bits per heavy atom. The van der Waals surface area contributed by atoms with Crippen molar-refractivity contribution in [3.8, 4) is 0 Å². The molecule has 32 heavy (non-hydrogen) atoms. The molecule has 162 valence electrons. The summed E-state index contributed by atoms with van der Waals surface area (Å²) in [6.45, 7) is 2.20. The molecule has 0 atom stereocenters. The van der Waals surface area contributed by atoms with Crippen molar-refractivity contribution in [1.29, 1.82) is 0 Å². The molecule has 0 fully saturated rings. The molecule has 1 aliphatic carbocycles. The second-order valence-corrected chi connectivity index (χ2v) is 9.30. The molecule has 5 rings (SSSR count). The predicted octanol–water partition coefficient (Wildman–Crippen LogP) is 5.52. The van der Waals surface area contributed by atoms with Crippen molar-refractivity contribution in [1.82, 2.24) is 10.3 Å². The maximum atomic E-state index is 13.1. The topological polar surface area (TPSA) is 84.2 Å². The third-order valence-electron chi connectivity index (χ3n) is 5.66. The van der Waals surface area contributed by atoms with Gasteiger partial charge in [0.25, 0.3) is 11.8 Å². The number of hydrogen-bond donors (Lipinski definition) is 2. The van der Waals surface area contributed by atoms with Crippen LogP contribution in [0.1, 0.15) is 48.9 Å². The molecule has 1 aromatic carbocycles. The number of aromatic nitrogens is 1. The van der Waals surface area contributed by atoms with Gasteiger partial charge in [-0.05, 0) is 61.6 Å². The Balaban J connectivity index is 1.42. The molecule has 0 radical (unpaired) electrons. The van der Waals surface area contributed by atoms with Crippen molar-refractivity contribution >= 4 is 50.7 Å². The van der Waals surface area contributed by atoms with Crippen molar-refractivity contribution in [3.05, 3.63) is 80.6 Å². The quantitative estimate of drug-likeness (QED) is 0.406. The molecule has 0 spiro atoms. The molecule has 6 nitrogen and oxygen atoms in total. The van der Waals surface area contributed by atoms with E-state index in [0.29, 0.717) is 33.3 Å². The van der Waals surface area contributed by atoms with Crippen LogP contribution in [0.2, 0.25) is 5.02 Å². The Morgan fingerprint density at radius 1 is 1.22 bits per heavy atom. The molecule has 3 heterocycles. The van der Waals surface area contributed by atoms with Crippen molar-refractivity contribution < 1.29 is 14.0 Å². The van der Waals surface area contributed by atoms with E-state index in [-0.39, 0.29) is 17.6 Å². The highest BCUT2D eigenvalue weighted by Gasteiger charge is 2.28. The van der Waals surface area contributed by atoms with Crippen molar-refractivity contribution in [2.45, 2.75) is 32.7 Å². The zero-order valence-corrected chi connectivity index (χ0v) is 18.9. The third-order valence-corrected chi connectivity index (χ3v) is 7.10. The Hall–Kier alpha value is -3.16. The highest BCUT2D eigenvalue weighted by Crippen LogP contribution is 2.39. The molecule has 1 aliphatic rings. The summed E-state index contributed by atoms with van der Waals surface area (Å²) in [5.41, 5.74) is 3.81. The van der Waals surface area contributed by atoms with Gasteiger partial charge in [0.15, 0.2) is 5.76 Å². The summed E-state index contributed by atoms with van der Waals surface area (Å²) in [5, 5.41) is 7.83. The van der Waals surface area contributed by atoms with Gasteiger partial charge in [0.05, 0.1) is 5.56 Å². The number of benzene rings is 1. The normalized spacial score (nSPS) is 12.7. The van der Waals surface area contributed by atoms with Crippen LogP contribution in [0.3, 0.4) is 0 Å². The number of amides is 2. The van der Waals surface area contributed by atoms with Gasteiger partial charge in [0.1, 0.15) is 10.6 Å². The average molecular weight is 466 g/mol. The van der Waals surface area contributed by atoms with E-state index in [9.17, 15) is 9.59 Å². The maximum absolute atomic E-state index is 13.1. The minimum atomic E-state index is -0.379. The number of aryl methyl sites for hydroxylation is 2. The fourth-order valence-electron chi connectivity index (χ4n) is 4.08. The van der Waals surface area contributed by atoms with Crippen molar-refractivity contribution in [2.24, 2.45) is 0 Å². The van der Waals surface area contributed by atoms with Crippen LogP contribution < -0.4 is 10.6 Å². The molecule has 3 aromatic heterocycles. The molecule has 2 amide bonds. The second-order valence-electron chi connectivity index (χ2n) is 7.76. The molecular weight excluding hydrogens is 446 g/mol. The first kappa shape index (κ1) is 20.7. The average Bonchev–Trinajstić information content (AvgIpc) is 3.46. The van der Waals surface area contributed by atoms with Gasteiger partial charge >= 0.3 is 0 Å². The molecule has 8 heteroatoms. The van der Waals surface area contributed by atoms with E-state index >= 15 is 0 Å². The number of pyridine rings is 1. The lowest BCUT2D eigenvalue weighted by Gasteiger charge is -2.09. The van der Waals surface area contributed by atoms with Gasteiger partial charge in [-0.15, -0.1) is 11.3 Å². The number of anilines is 1. The van der Waals surface area contributed by atoms with Gasteiger partial charge < -0.3 is 15.1 Å². The summed E-state index contributed by atoms with van der Waals surface area (Å²) in [6, 6.07) is 8.99. The van der Waals surface area contributed by atoms with Crippen LogP contribution in [-0.2, 0) is 19.4 Å². The lowest BCUT2D eigenvalue weighted by molar-refractivity contribution is 0.0951. The molecular formula is C24H20ClN3O3S. The second kappa shape index (κ2) is 8.41. The third kappa shape index (κ3) is 3.78. The van der Waals surface area contributed by atoms with Crippen LogP contribution in [-0.4, -0.2) is 16.8 Å². The number of rotatable bonds is 5. The van der Waals surface area contributed by atoms with Gasteiger partial charge in [0, 0.05) is 39.8 Å². The van der Waals surface area contributed by atoms with Gasteiger partial charge in [-0.3, -0.25) is 14.6 Å². The predicted molar refractivity (Wildman–Crippen MR) is 126 cm³/mol. The molecule has 2 N–H and O–H groups in total. The fourth-order valence-corrected chi connectivity index (χ4v) is 5.53. The molecule has 0 unspecified atom stereocenters. The minimum Gasteiger partial charge on any atom is -0.451 e. The number of carbonyl (C=O) groups is 2. The van der Waals surface area contributed by atoms with Crippen molar-refractivity contribution in [3.63, 3.8) is 0 Å². The zero-order valence-electron chi connectivity index (χ0n) is 17.3. The molecule has 0 aliphatic heterocycles. The van der Waals surface area contributed by atoms with Crippen LogP contribution in [0.15, 0.2) is 47.1 Å². The first-order valence-corrected chi connectivity index (χ1v) is 11.5. The first-order valence-electron chi connectivity index (χ1n) is 10.3. The van der Waals surface area contributed by atoms with Crippen molar-refractivity contribution in [2.75, 3.05) is 5.32 Å². The lowest BCUT2D eigenvalue weighted by Crippen LogP contribution is -2.25. The van der Waals surface area contributed by atoms with Crippen LogP contribution in [0.4, 0.5) is 5.00 Å². The Labute approximate surface area is 193 Å². The Kier molecular flexibility index (Phi) is 5.45. The smallest absolute Gasteiger partial charge is 0.292 e. The summed E-state index contributed by atoms with van der Waals surface area (Å²) in [6.07, 6.45) is 6.18. The number of halogens is 1. The van der Waals surface area contributed by atoms with E-state index in [1.165, 1.54) is 11.3 Å². The highest BCUT2D eigenvalue weighted by molar-refractivity contribution is 7.17. The van der Waals surface area contributed by atoms with E-state index in [0.717, 1.165) is 40.7 Å². The van der Waals surface area contributed by atoms with E-state index in [1.807, 2.05) is 19.1 Å². The summed E-state index contributed by atoms with van der Waals surface area (Å²) in [4.78, 5) is 31.4. The number of hydrogen-bond acceptors (Lipinski definition) is 5. The van der Waals surface area contributed by atoms with Gasteiger partial charge in [0.2, 0.25) is 0 Å². The number of nitrogens with zero attached hydrogens (tertiary/aromatic N) is 1. The fraction of sp³-hybridized carbons (Fsp3) is 0.208. The molecule has 0 saturated heterocycles. The first-order chi connectivity index (χ1) is 15.5. The van der Waals surface area contributed by atoms with Gasteiger partial charge in [-0.1, -0.05) is 17.7 Å². The summed E-state index contributed by atoms with van der Waals surface area (Å²) >= 11 is 7.56. The minimum absolute atomic E-state index is 0.198. The van der Waals surface area contributed by atoms with E-state index in [4.69, 9.17) is 16.0 Å². The van der Waals surface area contributed by atoms with Crippen LogP contribution >= 0.6 is 22.9 Å². The molecule has 0 bridgehead atoms. The molecule has 4 aromatic rings. The number of fused-ring (bicyclic) bond motifs is 2. The summed E-state index contributed by atoms with van der Waals surface area (Å²) in [5.74, 6) is -0.356. The van der Waals surface area contributed by atoms with E-state index in [1.54, 1.807) is 30.6 Å². The molecule has 0 saturated carbocycles. The summed E-state index contributed by atoms with van der Waals surface area (Å²) < 4.78 is 5.80. The Morgan fingerprint density at radius 3 is 2.91 bits per heavy atom. The standard InChI is InChI=1S/C24H20ClN3O3S/c1-13-17-10-15(25)7-8-18(17)31-21(13)23(30)28-24-20(16-5-2-6-19(16)32-24)22(29)27-12-14-4-3-9-26-11-14/h3-4,7-11H,2,5-6,12H2,1H3,(H,27,29)(H,28,30). The SMILES string of the molecule is Cc1c(C(=O)Nc2sc3c(c2C(=O)NCc2cccnc2)CCC3)oc2ccc(Cl)cc12. The number of furan rings is 1. The number of carbonyl (C=O) groups excluding carboxylic acids is 2. The van der Waals surface area contributed by atoms with Crippen LogP contribution in [0, 0.1) is 6.92 Å². The van der Waals surface area contributed by atoms with E-state index < -0.39 is 0 Å². The summed E-state index contributed by atoms with van der Waals surface area (Å²) in [7, 11) is 0. The monoisotopic (exact) mass is 465 g/mol. The largest absolute Gasteiger partial charge is 0.451 e. The lowest BCUT2D eigenvalue weighted by atomic mass is 10.1. The van der Waals surface area contributed by atoms with Gasteiger partial charge in [-0.25, -0.2) is 0 Å². The van der Waals surface area contributed by atoms with Crippen LogP contribution in [0.5, 0.6) is 0 Å².